The van der Waals surface area contributed by atoms with Crippen LogP contribution in [0, 0.1) is 5.92 Å². The minimum Gasteiger partial charge on any atom is -0.335 e. The van der Waals surface area contributed by atoms with Gasteiger partial charge in [-0.2, -0.15) is 4.31 Å². The van der Waals surface area contributed by atoms with E-state index in [2.05, 4.69) is 13.8 Å². The molecule has 138 valence electrons. The Balaban J connectivity index is 1.84. The van der Waals surface area contributed by atoms with Gasteiger partial charge in [0.05, 0.1) is 4.90 Å². The standard InChI is InChI=1S/C19H28N2O3S/c1-15(2)14-21(17-9-10-17)19(22)16-7-6-8-18(13-16)25(23,24)20-11-4-3-5-12-20/h6-8,13,15,17H,3-5,9-12,14H2,1-2H3. The van der Waals surface area contributed by atoms with Gasteiger partial charge in [-0.1, -0.05) is 26.3 Å². The molecule has 0 radical (unpaired) electrons. The molecule has 6 heteroatoms. The highest BCUT2D eigenvalue weighted by molar-refractivity contribution is 7.89. The second kappa shape index (κ2) is 7.46. The van der Waals surface area contributed by atoms with Crippen molar-refractivity contribution in [1.82, 2.24) is 9.21 Å². The maximum absolute atomic E-state index is 12.9. The fourth-order valence-electron chi connectivity index (χ4n) is 3.39. The molecule has 0 atom stereocenters. The zero-order chi connectivity index (χ0) is 18.0. The summed E-state index contributed by atoms with van der Waals surface area (Å²) in [5.41, 5.74) is 0.477. The van der Waals surface area contributed by atoms with Gasteiger partial charge in [0, 0.05) is 31.2 Å². The first kappa shape index (κ1) is 18.4. The van der Waals surface area contributed by atoms with E-state index in [0.29, 0.717) is 37.2 Å². The Morgan fingerprint density at radius 2 is 1.88 bits per heavy atom. The lowest BCUT2D eigenvalue weighted by Crippen LogP contribution is -2.37. The van der Waals surface area contributed by atoms with Crippen molar-refractivity contribution in [2.24, 2.45) is 5.92 Å². The van der Waals surface area contributed by atoms with E-state index in [4.69, 9.17) is 0 Å². The minimum absolute atomic E-state index is 0.0492. The van der Waals surface area contributed by atoms with E-state index in [-0.39, 0.29) is 10.8 Å². The normalized spacial score (nSPS) is 19.2. The molecule has 1 aliphatic carbocycles. The van der Waals surface area contributed by atoms with Crippen LogP contribution in [0.3, 0.4) is 0 Å². The van der Waals surface area contributed by atoms with Crippen LogP contribution in [-0.4, -0.2) is 49.2 Å². The molecule has 1 saturated carbocycles. The quantitative estimate of drug-likeness (QED) is 0.779. The lowest BCUT2D eigenvalue weighted by molar-refractivity contribution is 0.0722. The predicted molar refractivity (Wildman–Crippen MR) is 97.9 cm³/mol. The number of hydrogen-bond acceptors (Lipinski definition) is 3. The third-order valence-electron chi connectivity index (χ3n) is 4.84. The molecule has 1 aromatic rings. The summed E-state index contributed by atoms with van der Waals surface area (Å²) in [4.78, 5) is 15.1. The number of carbonyl (C=O) groups excluding carboxylic acids is 1. The number of nitrogens with zero attached hydrogens (tertiary/aromatic N) is 2. The largest absolute Gasteiger partial charge is 0.335 e. The number of piperidine rings is 1. The van der Waals surface area contributed by atoms with Gasteiger partial charge in [0.25, 0.3) is 5.91 Å². The van der Waals surface area contributed by atoms with Crippen LogP contribution in [0.15, 0.2) is 29.2 Å². The SMILES string of the molecule is CC(C)CN(C(=O)c1cccc(S(=O)(=O)N2CCCCC2)c1)C1CC1. The highest BCUT2D eigenvalue weighted by Crippen LogP contribution is 2.30. The van der Waals surface area contributed by atoms with Crippen LogP contribution in [0.2, 0.25) is 0 Å². The molecule has 1 amide bonds. The molecule has 0 spiro atoms. The molecule has 0 N–H and O–H groups in total. The van der Waals surface area contributed by atoms with Crippen molar-refractivity contribution in [3.05, 3.63) is 29.8 Å². The van der Waals surface area contributed by atoms with Crippen LogP contribution in [-0.2, 0) is 10.0 Å². The molecule has 1 heterocycles. The number of carbonyl (C=O) groups is 1. The van der Waals surface area contributed by atoms with E-state index in [9.17, 15) is 13.2 Å². The van der Waals surface area contributed by atoms with Gasteiger partial charge in [-0.05, 0) is 49.8 Å². The smallest absolute Gasteiger partial charge is 0.254 e. The molecule has 0 unspecified atom stereocenters. The van der Waals surface area contributed by atoms with Gasteiger partial charge in [-0.15, -0.1) is 0 Å². The Morgan fingerprint density at radius 1 is 1.20 bits per heavy atom. The number of hydrogen-bond donors (Lipinski definition) is 0. The van der Waals surface area contributed by atoms with Gasteiger partial charge >= 0.3 is 0 Å². The van der Waals surface area contributed by atoms with Crippen LogP contribution >= 0.6 is 0 Å². The summed E-state index contributed by atoms with van der Waals surface area (Å²) in [5, 5.41) is 0. The Labute approximate surface area is 151 Å². The van der Waals surface area contributed by atoms with E-state index >= 15 is 0 Å². The summed E-state index contributed by atoms with van der Waals surface area (Å²) in [6.45, 7) is 6.05. The topological polar surface area (TPSA) is 57.7 Å². The molecular formula is C19H28N2O3S. The second-order valence-electron chi connectivity index (χ2n) is 7.58. The number of benzene rings is 1. The van der Waals surface area contributed by atoms with Crippen molar-refractivity contribution in [2.75, 3.05) is 19.6 Å². The summed E-state index contributed by atoms with van der Waals surface area (Å²) in [6.07, 6.45) is 4.98. The van der Waals surface area contributed by atoms with E-state index in [1.807, 2.05) is 4.90 Å². The summed E-state index contributed by atoms with van der Waals surface area (Å²) in [5.74, 6) is 0.344. The molecule has 1 saturated heterocycles. The molecular weight excluding hydrogens is 336 g/mol. The lowest BCUT2D eigenvalue weighted by Gasteiger charge is -2.27. The third-order valence-corrected chi connectivity index (χ3v) is 6.74. The zero-order valence-electron chi connectivity index (χ0n) is 15.1. The molecule has 0 aromatic heterocycles. The zero-order valence-corrected chi connectivity index (χ0v) is 16.0. The number of sulfonamides is 1. The van der Waals surface area contributed by atoms with Crippen molar-refractivity contribution in [3.63, 3.8) is 0 Å². The second-order valence-corrected chi connectivity index (χ2v) is 9.51. The molecule has 25 heavy (non-hydrogen) atoms. The first-order valence-electron chi connectivity index (χ1n) is 9.31. The van der Waals surface area contributed by atoms with Gasteiger partial charge in [-0.3, -0.25) is 4.79 Å². The fraction of sp³-hybridized carbons (Fsp3) is 0.632. The summed E-state index contributed by atoms with van der Waals surface area (Å²) in [7, 11) is -3.51. The van der Waals surface area contributed by atoms with Crippen LogP contribution < -0.4 is 0 Å². The first-order valence-corrected chi connectivity index (χ1v) is 10.7. The maximum atomic E-state index is 12.9. The van der Waals surface area contributed by atoms with E-state index in [1.165, 1.54) is 0 Å². The Bertz CT molecular complexity index is 720. The lowest BCUT2D eigenvalue weighted by atomic mass is 10.1. The molecule has 3 rings (SSSR count). The summed E-state index contributed by atoms with van der Waals surface area (Å²) in [6, 6.07) is 6.89. The van der Waals surface area contributed by atoms with E-state index < -0.39 is 10.0 Å². The van der Waals surface area contributed by atoms with E-state index in [0.717, 1.165) is 32.1 Å². The average molecular weight is 365 g/mol. The van der Waals surface area contributed by atoms with Gasteiger partial charge in [0.2, 0.25) is 10.0 Å². The summed E-state index contributed by atoms with van der Waals surface area (Å²) < 4.78 is 27.3. The highest BCUT2D eigenvalue weighted by Gasteiger charge is 2.34. The van der Waals surface area contributed by atoms with Crippen molar-refractivity contribution >= 4 is 15.9 Å². The van der Waals surface area contributed by atoms with Gasteiger partial charge in [0.1, 0.15) is 0 Å². The Morgan fingerprint density at radius 3 is 2.48 bits per heavy atom. The van der Waals surface area contributed by atoms with Gasteiger partial charge in [-0.25, -0.2) is 8.42 Å². The van der Waals surface area contributed by atoms with Crippen LogP contribution in [0.25, 0.3) is 0 Å². The highest BCUT2D eigenvalue weighted by atomic mass is 32.2. The fourth-order valence-corrected chi connectivity index (χ4v) is 4.95. The molecule has 5 nitrogen and oxygen atoms in total. The minimum atomic E-state index is -3.51. The Hall–Kier alpha value is -1.40. The average Bonchev–Trinajstić information content (AvgIpc) is 3.45. The number of amides is 1. The predicted octanol–water partition coefficient (Wildman–Crippen LogP) is 3.12. The van der Waals surface area contributed by atoms with Crippen molar-refractivity contribution < 1.29 is 13.2 Å². The Kier molecular flexibility index (Phi) is 5.49. The molecule has 2 fully saturated rings. The summed E-state index contributed by atoms with van der Waals surface area (Å²) >= 11 is 0. The van der Waals surface area contributed by atoms with Crippen LogP contribution in [0.1, 0.15) is 56.3 Å². The van der Waals surface area contributed by atoms with Gasteiger partial charge in [0.15, 0.2) is 0 Å². The third kappa shape index (κ3) is 4.23. The van der Waals surface area contributed by atoms with Crippen molar-refractivity contribution in [1.29, 1.82) is 0 Å². The molecule has 0 bridgehead atoms. The first-order chi connectivity index (χ1) is 11.9. The monoisotopic (exact) mass is 364 g/mol. The van der Waals surface area contributed by atoms with Crippen molar-refractivity contribution in [3.8, 4) is 0 Å². The van der Waals surface area contributed by atoms with Crippen LogP contribution in [0.4, 0.5) is 0 Å². The van der Waals surface area contributed by atoms with Crippen LogP contribution in [0.5, 0.6) is 0 Å². The molecule has 1 aliphatic heterocycles. The molecule has 2 aliphatic rings. The number of rotatable bonds is 6. The van der Waals surface area contributed by atoms with Gasteiger partial charge < -0.3 is 4.90 Å². The van der Waals surface area contributed by atoms with E-state index in [1.54, 1.807) is 28.6 Å². The molecule has 1 aromatic carbocycles. The van der Waals surface area contributed by atoms with Crippen molar-refractivity contribution in [2.45, 2.75) is 56.9 Å². The maximum Gasteiger partial charge on any atom is 0.254 e.